The molecule has 3 rings (SSSR count). The van der Waals surface area contributed by atoms with E-state index in [2.05, 4.69) is 29.2 Å². The summed E-state index contributed by atoms with van der Waals surface area (Å²) in [6.07, 6.45) is 6.27. The number of nitrogens with zero attached hydrogens (tertiary/aromatic N) is 3. The van der Waals surface area contributed by atoms with Crippen LogP contribution in [-0.4, -0.2) is 22.9 Å². The van der Waals surface area contributed by atoms with Crippen LogP contribution in [0.5, 0.6) is 0 Å². The van der Waals surface area contributed by atoms with Gasteiger partial charge in [-0.2, -0.15) is 5.10 Å². The fourth-order valence-corrected chi connectivity index (χ4v) is 2.77. The lowest BCUT2D eigenvalue weighted by atomic mass is 10.00. The van der Waals surface area contributed by atoms with E-state index >= 15 is 0 Å². The van der Waals surface area contributed by atoms with Crippen molar-refractivity contribution in [3.8, 4) is 0 Å². The molecule has 1 aliphatic rings. The molecule has 108 valence electrons. The molecule has 0 fully saturated rings. The monoisotopic (exact) mass is 292 g/mol. The highest BCUT2D eigenvalue weighted by atomic mass is 35.5. The van der Waals surface area contributed by atoms with Crippen molar-refractivity contribution in [3.05, 3.63) is 41.7 Å². The summed E-state index contributed by atoms with van der Waals surface area (Å²) >= 11 is 0. The van der Waals surface area contributed by atoms with Gasteiger partial charge in [-0.05, 0) is 43.0 Å². The molecule has 0 saturated carbocycles. The maximum Gasteiger partial charge on any atom is 0.0584 e. The average molecular weight is 293 g/mol. The van der Waals surface area contributed by atoms with Crippen LogP contribution >= 0.6 is 12.4 Å². The molecule has 1 aromatic heterocycles. The zero-order chi connectivity index (χ0) is 13.2. The third-order valence-corrected chi connectivity index (χ3v) is 3.74. The molecule has 0 unspecified atom stereocenters. The zero-order valence-corrected chi connectivity index (χ0v) is 12.6. The fourth-order valence-electron chi connectivity index (χ4n) is 2.77. The van der Waals surface area contributed by atoms with Crippen molar-refractivity contribution >= 4 is 23.8 Å². The first kappa shape index (κ1) is 14.7. The van der Waals surface area contributed by atoms with Gasteiger partial charge in [-0.25, -0.2) is 0 Å². The second-order valence-corrected chi connectivity index (χ2v) is 5.22. The molecular formula is C15H21ClN4. The summed E-state index contributed by atoms with van der Waals surface area (Å²) in [5.74, 6) is 0. The van der Waals surface area contributed by atoms with Crippen LogP contribution < -0.4 is 10.6 Å². The molecule has 0 atom stereocenters. The Morgan fingerprint density at radius 1 is 1.30 bits per heavy atom. The quantitative estimate of drug-likeness (QED) is 0.885. The minimum atomic E-state index is 0. The summed E-state index contributed by atoms with van der Waals surface area (Å²) in [6, 6.07) is 6.23. The summed E-state index contributed by atoms with van der Waals surface area (Å²) in [6.45, 7) is 5.08. The van der Waals surface area contributed by atoms with Gasteiger partial charge in [0.15, 0.2) is 0 Å². The summed E-state index contributed by atoms with van der Waals surface area (Å²) in [7, 11) is 0. The molecule has 20 heavy (non-hydrogen) atoms. The molecule has 2 heterocycles. The molecule has 2 aromatic rings. The molecule has 4 nitrogen and oxygen atoms in total. The lowest BCUT2D eigenvalue weighted by Crippen LogP contribution is -2.32. The minimum absolute atomic E-state index is 0. The number of fused-ring (bicyclic) bond motifs is 1. The number of halogens is 1. The maximum absolute atomic E-state index is 6.07. The molecule has 0 bridgehead atoms. The van der Waals surface area contributed by atoms with Crippen LogP contribution in [0, 0.1) is 6.92 Å². The number of anilines is 2. The Balaban J connectivity index is 0.00000147. The predicted molar refractivity (Wildman–Crippen MR) is 85.6 cm³/mol. The van der Waals surface area contributed by atoms with Crippen molar-refractivity contribution in [1.29, 1.82) is 0 Å². The molecule has 1 aromatic carbocycles. The summed E-state index contributed by atoms with van der Waals surface area (Å²) in [4.78, 5) is 2.42. The van der Waals surface area contributed by atoms with E-state index in [4.69, 9.17) is 5.73 Å². The number of nitrogen functional groups attached to an aromatic ring is 1. The van der Waals surface area contributed by atoms with Crippen LogP contribution in [0.3, 0.4) is 0 Å². The zero-order valence-electron chi connectivity index (χ0n) is 11.7. The SMILES string of the molecule is Cc1cnn(CCN2CCCc3c(N)cccc32)c1.Cl. The van der Waals surface area contributed by atoms with Crippen molar-refractivity contribution < 1.29 is 0 Å². The first-order valence-corrected chi connectivity index (χ1v) is 6.85. The Bertz CT molecular complexity index is 579. The lowest BCUT2D eigenvalue weighted by molar-refractivity contribution is 0.579. The first-order valence-electron chi connectivity index (χ1n) is 6.85. The molecule has 0 radical (unpaired) electrons. The van der Waals surface area contributed by atoms with Crippen LogP contribution in [0.4, 0.5) is 11.4 Å². The highest BCUT2D eigenvalue weighted by Crippen LogP contribution is 2.30. The Morgan fingerprint density at radius 3 is 2.90 bits per heavy atom. The van der Waals surface area contributed by atoms with Crippen LogP contribution in [0.1, 0.15) is 17.5 Å². The molecule has 0 amide bonds. The van der Waals surface area contributed by atoms with Crippen LogP contribution in [-0.2, 0) is 13.0 Å². The van der Waals surface area contributed by atoms with E-state index in [-0.39, 0.29) is 12.4 Å². The summed E-state index contributed by atoms with van der Waals surface area (Å²) in [5, 5.41) is 4.34. The van der Waals surface area contributed by atoms with Crippen molar-refractivity contribution in [1.82, 2.24) is 9.78 Å². The second kappa shape index (κ2) is 6.18. The number of rotatable bonds is 3. The smallest absolute Gasteiger partial charge is 0.0584 e. The van der Waals surface area contributed by atoms with Gasteiger partial charge < -0.3 is 10.6 Å². The molecule has 0 aliphatic carbocycles. The lowest BCUT2D eigenvalue weighted by Gasteiger charge is -2.32. The summed E-state index contributed by atoms with van der Waals surface area (Å²) < 4.78 is 2.01. The van der Waals surface area contributed by atoms with Gasteiger partial charge in [0.1, 0.15) is 0 Å². The number of benzene rings is 1. The third-order valence-electron chi connectivity index (χ3n) is 3.74. The average Bonchev–Trinajstić information content (AvgIpc) is 2.83. The molecule has 5 heteroatoms. The minimum Gasteiger partial charge on any atom is -0.398 e. The van der Waals surface area contributed by atoms with E-state index in [0.717, 1.165) is 31.7 Å². The van der Waals surface area contributed by atoms with Gasteiger partial charge in [0.25, 0.3) is 0 Å². The van der Waals surface area contributed by atoms with Gasteiger partial charge in [0, 0.05) is 30.7 Å². The summed E-state index contributed by atoms with van der Waals surface area (Å²) in [5.41, 5.74) is 10.8. The molecule has 2 N–H and O–H groups in total. The molecule has 0 saturated heterocycles. The van der Waals surface area contributed by atoms with Crippen molar-refractivity contribution in [2.24, 2.45) is 0 Å². The number of aryl methyl sites for hydroxylation is 1. The number of nitrogens with two attached hydrogens (primary N) is 1. The number of hydrogen-bond acceptors (Lipinski definition) is 3. The standard InChI is InChI=1S/C15H20N4.ClH/c1-12-10-17-19(11-12)9-8-18-7-3-4-13-14(16)5-2-6-15(13)18;/h2,5-6,10-11H,3-4,7-9,16H2,1H3;1H. The van der Waals surface area contributed by atoms with Crippen molar-refractivity contribution in [2.45, 2.75) is 26.3 Å². The van der Waals surface area contributed by atoms with E-state index in [1.165, 1.54) is 23.2 Å². The van der Waals surface area contributed by atoms with E-state index in [9.17, 15) is 0 Å². The largest absolute Gasteiger partial charge is 0.398 e. The third kappa shape index (κ3) is 2.90. The van der Waals surface area contributed by atoms with E-state index < -0.39 is 0 Å². The fraction of sp³-hybridized carbons (Fsp3) is 0.400. The Kier molecular flexibility index (Phi) is 4.55. The van der Waals surface area contributed by atoms with Gasteiger partial charge in [0.2, 0.25) is 0 Å². The van der Waals surface area contributed by atoms with Gasteiger partial charge in [-0.3, -0.25) is 4.68 Å². The van der Waals surface area contributed by atoms with E-state index in [0.29, 0.717) is 0 Å². The van der Waals surface area contributed by atoms with E-state index in [1.807, 2.05) is 23.0 Å². The highest BCUT2D eigenvalue weighted by Gasteiger charge is 2.18. The Morgan fingerprint density at radius 2 is 2.15 bits per heavy atom. The van der Waals surface area contributed by atoms with Gasteiger partial charge in [-0.15, -0.1) is 12.4 Å². The van der Waals surface area contributed by atoms with Crippen molar-refractivity contribution in [2.75, 3.05) is 23.7 Å². The number of hydrogen-bond donors (Lipinski definition) is 1. The second-order valence-electron chi connectivity index (χ2n) is 5.22. The Labute approximate surface area is 126 Å². The molecule has 0 spiro atoms. The topological polar surface area (TPSA) is 47.1 Å². The Hall–Kier alpha value is -1.68. The first-order chi connectivity index (χ1) is 9.24. The normalized spacial score (nSPS) is 13.8. The predicted octanol–water partition coefficient (Wildman–Crippen LogP) is 2.65. The van der Waals surface area contributed by atoms with Gasteiger partial charge in [0.05, 0.1) is 12.7 Å². The van der Waals surface area contributed by atoms with E-state index in [1.54, 1.807) is 0 Å². The van der Waals surface area contributed by atoms with Gasteiger partial charge >= 0.3 is 0 Å². The van der Waals surface area contributed by atoms with Crippen LogP contribution in [0.25, 0.3) is 0 Å². The number of aromatic nitrogens is 2. The van der Waals surface area contributed by atoms with Gasteiger partial charge in [-0.1, -0.05) is 6.07 Å². The van der Waals surface area contributed by atoms with Crippen molar-refractivity contribution in [3.63, 3.8) is 0 Å². The maximum atomic E-state index is 6.07. The highest BCUT2D eigenvalue weighted by molar-refractivity contribution is 5.85. The molecular weight excluding hydrogens is 272 g/mol. The van der Waals surface area contributed by atoms with Crippen LogP contribution in [0.2, 0.25) is 0 Å². The molecule has 1 aliphatic heterocycles. The van der Waals surface area contributed by atoms with Crippen LogP contribution in [0.15, 0.2) is 30.6 Å².